The molecule has 0 N–H and O–H groups in total. The second-order valence-electron chi connectivity index (χ2n) is 6.74. The third-order valence-corrected chi connectivity index (χ3v) is 5.76. The first-order valence-electron chi connectivity index (χ1n) is 10.1. The molecule has 0 unspecified atom stereocenters. The number of carbonyl (C=O) groups excluding carboxylic acids is 1. The Balaban J connectivity index is 1.73. The molecule has 0 aliphatic carbocycles. The lowest BCUT2D eigenvalue weighted by Gasteiger charge is -2.16. The SMILES string of the molecule is CCOC(=O)/C(=C/c1ccc(OCC)cc1)C1=Nn2c(nnc2-c2ccc(Cl)cc2)SC1. The van der Waals surface area contributed by atoms with Gasteiger partial charge in [-0.2, -0.15) is 9.78 Å². The van der Waals surface area contributed by atoms with Crippen LogP contribution in [0.5, 0.6) is 5.75 Å². The van der Waals surface area contributed by atoms with Crippen molar-refractivity contribution in [1.82, 2.24) is 14.9 Å². The van der Waals surface area contributed by atoms with Gasteiger partial charge in [0, 0.05) is 16.3 Å². The van der Waals surface area contributed by atoms with Crippen molar-refractivity contribution in [2.75, 3.05) is 19.0 Å². The second kappa shape index (κ2) is 10.0. The molecule has 0 atom stereocenters. The van der Waals surface area contributed by atoms with Crippen LogP contribution in [0.4, 0.5) is 0 Å². The lowest BCUT2D eigenvalue weighted by Crippen LogP contribution is -2.21. The summed E-state index contributed by atoms with van der Waals surface area (Å²) in [6.45, 7) is 4.58. The minimum atomic E-state index is -0.426. The molecule has 0 saturated carbocycles. The predicted octanol–water partition coefficient (Wildman–Crippen LogP) is 4.95. The lowest BCUT2D eigenvalue weighted by atomic mass is 10.1. The summed E-state index contributed by atoms with van der Waals surface area (Å²) < 4.78 is 12.5. The zero-order valence-corrected chi connectivity index (χ0v) is 19.2. The maximum Gasteiger partial charge on any atom is 0.340 e. The lowest BCUT2D eigenvalue weighted by molar-refractivity contribution is -0.137. The number of benzene rings is 2. The number of thioether (sulfide) groups is 1. The van der Waals surface area contributed by atoms with E-state index in [0.29, 0.717) is 39.6 Å². The third kappa shape index (κ3) is 4.87. The molecule has 1 aliphatic heterocycles. The van der Waals surface area contributed by atoms with E-state index >= 15 is 0 Å². The number of halogens is 1. The molecular formula is C23H21ClN4O3S. The van der Waals surface area contributed by atoms with Crippen LogP contribution in [-0.2, 0) is 9.53 Å². The number of nitrogens with zero attached hydrogens (tertiary/aromatic N) is 4. The zero-order chi connectivity index (χ0) is 22.5. The van der Waals surface area contributed by atoms with Crippen LogP contribution >= 0.6 is 23.4 Å². The number of ether oxygens (including phenoxy) is 2. The Bertz CT molecular complexity index is 1170. The molecule has 164 valence electrons. The summed E-state index contributed by atoms with van der Waals surface area (Å²) in [6.07, 6.45) is 1.78. The molecule has 0 bridgehead atoms. The van der Waals surface area contributed by atoms with Gasteiger partial charge in [0.15, 0.2) is 5.82 Å². The first-order chi connectivity index (χ1) is 15.6. The first kappa shape index (κ1) is 22.1. The van der Waals surface area contributed by atoms with Gasteiger partial charge in [0.2, 0.25) is 5.16 Å². The molecule has 0 amide bonds. The van der Waals surface area contributed by atoms with Crippen LogP contribution in [0, 0.1) is 0 Å². The maximum atomic E-state index is 12.8. The summed E-state index contributed by atoms with van der Waals surface area (Å²) in [5, 5.41) is 14.5. The standard InChI is InChI=1S/C23H21ClN4O3S/c1-3-30-18-11-5-15(6-12-18)13-19(22(29)31-4-2)20-14-32-23-26-25-21(28(23)27-20)16-7-9-17(24)10-8-16/h5-13H,3-4,14H2,1-2H3/b19-13+. The van der Waals surface area contributed by atoms with Crippen LogP contribution in [0.1, 0.15) is 19.4 Å². The Morgan fingerprint density at radius 3 is 2.53 bits per heavy atom. The fraction of sp³-hybridized carbons (Fsp3) is 0.217. The third-order valence-electron chi connectivity index (χ3n) is 4.58. The van der Waals surface area contributed by atoms with Crippen LogP contribution in [-0.4, -0.2) is 45.5 Å². The second-order valence-corrected chi connectivity index (χ2v) is 8.12. The van der Waals surface area contributed by atoms with Crippen LogP contribution in [0.25, 0.3) is 17.5 Å². The molecule has 0 radical (unpaired) electrons. The Morgan fingerprint density at radius 2 is 1.84 bits per heavy atom. The summed E-state index contributed by atoms with van der Waals surface area (Å²) in [6, 6.07) is 14.8. The number of esters is 1. The predicted molar refractivity (Wildman–Crippen MR) is 126 cm³/mol. The summed E-state index contributed by atoms with van der Waals surface area (Å²) in [7, 11) is 0. The number of fused-ring (bicyclic) bond motifs is 1. The van der Waals surface area contributed by atoms with Crippen molar-refractivity contribution in [1.29, 1.82) is 0 Å². The number of aromatic nitrogens is 3. The van der Waals surface area contributed by atoms with Crippen LogP contribution in [0.15, 0.2) is 64.4 Å². The molecule has 0 saturated heterocycles. The highest BCUT2D eigenvalue weighted by molar-refractivity contribution is 7.99. The molecular weight excluding hydrogens is 448 g/mol. The van der Waals surface area contributed by atoms with Gasteiger partial charge in [-0.25, -0.2) is 4.79 Å². The molecule has 9 heteroatoms. The van der Waals surface area contributed by atoms with Crippen molar-refractivity contribution in [2.45, 2.75) is 19.0 Å². The molecule has 0 spiro atoms. The van der Waals surface area contributed by atoms with Crippen LogP contribution in [0.3, 0.4) is 0 Å². The van der Waals surface area contributed by atoms with Gasteiger partial charge in [-0.3, -0.25) is 0 Å². The number of hydrogen-bond acceptors (Lipinski definition) is 7. The molecule has 2 aromatic carbocycles. The highest BCUT2D eigenvalue weighted by Crippen LogP contribution is 2.29. The van der Waals surface area contributed by atoms with Crippen molar-refractivity contribution < 1.29 is 14.3 Å². The van der Waals surface area contributed by atoms with Gasteiger partial charge in [-0.1, -0.05) is 35.5 Å². The van der Waals surface area contributed by atoms with Gasteiger partial charge < -0.3 is 9.47 Å². The Morgan fingerprint density at radius 1 is 1.09 bits per heavy atom. The Labute approximate surface area is 195 Å². The zero-order valence-electron chi connectivity index (χ0n) is 17.6. The maximum absolute atomic E-state index is 12.8. The summed E-state index contributed by atoms with van der Waals surface area (Å²) in [5.41, 5.74) is 2.65. The highest BCUT2D eigenvalue weighted by atomic mass is 35.5. The van der Waals surface area contributed by atoms with Gasteiger partial charge in [0.05, 0.1) is 24.5 Å². The van der Waals surface area contributed by atoms with Crippen molar-refractivity contribution >= 4 is 41.1 Å². The van der Waals surface area contributed by atoms with Gasteiger partial charge in [-0.05, 0) is 61.9 Å². The number of rotatable bonds is 7. The van der Waals surface area contributed by atoms with E-state index in [1.54, 1.807) is 29.8 Å². The fourth-order valence-corrected chi connectivity index (χ4v) is 4.05. The number of hydrogen-bond donors (Lipinski definition) is 0. The normalized spacial score (nSPS) is 13.3. The van der Waals surface area contributed by atoms with Crippen molar-refractivity contribution in [3.63, 3.8) is 0 Å². The fourth-order valence-electron chi connectivity index (χ4n) is 3.10. The van der Waals surface area contributed by atoms with E-state index in [0.717, 1.165) is 16.9 Å². The summed E-state index contributed by atoms with van der Waals surface area (Å²) >= 11 is 7.47. The molecule has 2 heterocycles. The van der Waals surface area contributed by atoms with Crippen LogP contribution < -0.4 is 4.74 Å². The molecule has 3 aromatic rings. The van der Waals surface area contributed by atoms with Gasteiger partial charge in [0.1, 0.15) is 5.75 Å². The van der Waals surface area contributed by atoms with E-state index in [-0.39, 0.29) is 6.61 Å². The minimum Gasteiger partial charge on any atom is -0.494 e. The van der Waals surface area contributed by atoms with E-state index in [1.807, 2.05) is 43.3 Å². The Kier molecular flexibility index (Phi) is 6.92. The Hall–Kier alpha value is -3.10. The van der Waals surface area contributed by atoms with E-state index < -0.39 is 5.97 Å². The minimum absolute atomic E-state index is 0.272. The van der Waals surface area contributed by atoms with E-state index in [2.05, 4.69) is 10.2 Å². The largest absolute Gasteiger partial charge is 0.494 e. The summed E-state index contributed by atoms with van der Waals surface area (Å²) in [5.74, 6) is 1.39. The van der Waals surface area contributed by atoms with Gasteiger partial charge in [0.25, 0.3) is 0 Å². The molecule has 7 nitrogen and oxygen atoms in total. The monoisotopic (exact) mass is 468 g/mol. The smallest absolute Gasteiger partial charge is 0.340 e. The van der Waals surface area contributed by atoms with Gasteiger partial charge in [-0.15, -0.1) is 10.2 Å². The molecule has 32 heavy (non-hydrogen) atoms. The van der Waals surface area contributed by atoms with Crippen LogP contribution in [0.2, 0.25) is 5.02 Å². The van der Waals surface area contributed by atoms with E-state index in [9.17, 15) is 4.79 Å². The quantitative estimate of drug-likeness (QED) is 0.360. The van der Waals surface area contributed by atoms with Crippen molar-refractivity contribution in [3.8, 4) is 17.1 Å². The molecule has 0 fully saturated rings. The average molecular weight is 469 g/mol. The highest BCUT2D eigenvalue weighted by Gasteiger charge is 2.25. The van der Waals surface area contributed by atoms with E-state index in [4.69, 9.17) is 26.2 Å². The summed E-state index contributed by atoms with van der Waals surface area (Å²) in [4.78, 5) is 12.8. The first-order valence-corrected chi connectivity index (χ1v) is 11.5. The van der Waals surface area contributed by atoms with Gasteiger partial charge >= 0.3 is 5.97 Å². The van der Waals surface area contributed by atoms with E-state index in [1.165, 1.54) is 11.8 Å². The average Bonchev–Trinajstić information content (AvgIpc) is 3.22. The molecule has 1 aliphatic rings. The number of carbonyl (C=O) groups is 1. The topological polar surface area (TPSA) is 78.6 Å². The molecule has 4 rings (SSSR count). The molecule has 1 aromatic heterocycles. The van der Waals surface area contributed by atoms with Crippen molar-refractivity contribution in [2.24, 2.45) is 5.10 Å². The van der Waals surface area contributed by atoms with Crippen molar-refractivity contribution in [3.05, 3.63) is 64.7 Å².